The van der Waals surface area contributed by atoms with E-state index in [4.69, 9.17) is 0 Å². The number of hydrogen-bond donors (Lipinski definition) is 4. The number of aromatic amines is 4. The van der Waals surface area contributed by atoms with E-state index in [1.54, 1.807) is 12.2 Å². The molecule has 8 heteroatoms. The lowest BCUT2D eigenvalue weighted by Gasteiger charge is -2.28. The van der Waals surface area contributed by atoms with Crippen LogP contribution in [0.15, 0.2) is 71.8 Å². The van der Waals surface area contributed by atoms with Crippen LogP contribution in [0, 0.1) is 45.3 Å². The van der Waals surface area contributed by atoms with Crippen molar-refractivity contribution >= 4 is 12.2 Å². The fraction of sp³-hybridized carbons (Fsp3) is 0.300. The van der Waals surface area contributed by atoms with E-state index in [1.807, 2.05) is 36.4 Å². The monoisotopic (exact) mass is 632 g/mol. The van der Waals surface area contributed by atoms with E-state index in [0.29, 0.717) is 0 Å². The van der Waals surface area contributed by atoms with E-state index >= 15 is 0 Å². The number of H-pyrrole nitrogens is 4. The summed E-state index contributed by atoms with van der Waals surface area (Å²) in [4.78, 5) is 15.1. The molecule has 0 unspecified atom stereocenters. The number of hydrogen-bond acceptors (Lipinski definition) is 4. The maximum Gasteiger partial charge on any atom is 0.129 e. The van der Waals surface area contributed by atoms with Crippen LogP contribution in [0.1, 0.15) is 112 Å². The highest BCUT2D eigenvalue weighted by Gasteiger charge is 2.38. The zero-order valence-electron chi connectivity index (χ0n) is 28.7. The number of nitrogens with zero attached hydrogens (tertiary/aromatic N) is 4. The van der Waals surface area contributed by atoms with Crippen molar-refractivity contribution in [3.63, 3.8) is 0 Å². The van der Waals surface area contributed by atoms with Crippen LogP contribution in [0.3, 0.4) is 0 Å². The molecule has 0 aliphatic carbocycles. The SMILES string of the molecule is CC1(C)c2ccc([nH]2)C(C)(C)c2[nH]c(cc2/C=C/C=C(C#N)C#N)C(C)(C)c2ccc([nH]2)C(C)(C)c2[nH]c1cc2/C=C/C=C(C#N)C#N. The van der Waals surface area contributed by atoms with E-state index in [9.17, 15) is 21.0 Å². The molecule has 0 saturated heterocycles. The van der Waals surface area contributed by atoms with Crippen molar-refractivity contribution in [2.24, 2.45) is 0 Å². The Balaban J connectivity index is 1.76. The van der Waals surface area contributed by atoms with E-state index in [2.05, 4.69) is 112 Å². The van der Waals surface area contributed by atoms with Gasteiger partial charge in [-0.25, -0.2) is 0 Å². The molecule has 4 aromatic heterocycles. The Bertz CT molecular complexity index is 1990. The van der Waals surface area contributed by atoms with Gasteiger partial charge in [-0.15, -0.1) is 0 Å². The Labute approximate surface area is 282 Å². The standard InChI is InChI=1S/C40H40N8/c1-37(2)29-15-17-31(45-29)39(5,6)36-28(14-10-12-26(23-43)24-44)20-34(48-36)38(3,4)30-16-18-32(46-30)40(7,8)35-27(19-33(37)47-35)13-9-11-25(21-41)22-42/h9-20,45-48H,1-8H3/b13-9+,14-10+. The molecule has 4 aromatic rings. The van der Waals surface area contributed by atoms with Gasteiger partial charge in [-0.3, -0.25) is 0 Å². The molecule has 240 valence electrons. The van der Waals surface area contributed by atoms with Gasteiger partial charge in [0.05, 0.1) is 0 Å². The van der Waals surface area contributed by atoms with Gasteiger partial charge < -0.3 is 19.9 Å². The summed E-state index contributed by atoms with van der Waals surface area (Å²) < 4.78 is 0. The average molecular weight is 633 g/mol. The van der Waals surface area contributed by atoms with Crippen LogP contribution in [-0.2, 0) is 21.7 Å². The summed E-state index contributed by atoms with van der Waals surface area (Å²) in [6, 6.07) is 20.6. The third-order valence-corrected chi connectivity index (χ3v) is 9.92. The first-order chi connectivity index (χ1) is 22.6. The summed E-state index contributed by atoms with van der Waals surface area (Å²) in [6.07, 6.45) is 10.5. The fourth-order valence-electron chi connectivity index (χ4n) is 6.41. The molecule has 48 heavy (non-hydrogen) atoms. The van der Waals surface area contributed by atoms with Gasteiger partial charge in [0.2, 0.25) is 0 Å². The molecule has 0 amide bonds. The minimum Gasteiger partial charge on any atom is -0.361 e. The molecule has 5 rings (SSSR count). The zero-order valence-corrected chi connectivity index (χ0v) is 28.7. The number of rotatable bonds is 4. The Morgan fingerprint density at radius 1 is 0.479 bits per heavy atom. The second-order valence-electron chi connectivity index (χ2n) is 14.4. The molecule has 8 bridgehead atoms. The third kappa shape index (κ3) is 5.64. The van der Waals surface area contributed by atoms with Crippen molar-refractivity contribution in [3.05, 3.63) is 129 Å². The number of aromatic nitrogens is 4. The lowest BCUT2D eigenvalue weighted by atomic mass is 9.83. The maximum absolute atomic E-state index is 9.25. The first kappa shape index (κ1) is 33.4. The van der Waals surface area contributed by atoms with Gasteiger partial charge in [-0.2, -0.15) is 21.0 Å². The highest BCUT2D eigenvalue weighted by atomic mass is 14.9. The predicted octanol–water partition coefficient (Wildman–Crippen LogP) is 8.59. The highest BCUT2D eigenvalue weighted by Crippen LogP contribution is 2.43. The summed E-state index contributed by atoms with van der Waals surface area (Å²) in [5, 5.41) is 37.0. The van der Waals surface area contributed by atoms with Crippen LogP contribution < -0.4 is 0 Å². The van der Waals surface area contributed by atoms with Crippen molar-refractivity contribution in [1.82, 2.24) is 19.9 Å². The number of nitrogens with one attached hydrogen (secondary N) is 4. The predicted molar refractivity (Wildman–Crippen MR) is 188 cm³/mol. The molecule has 0 spiro atoms. The van der Waals surface area contributed by atoms with Crippen molar-refractivity contribution in [1.29, 1.82) is 21.0 Å². The Morgan fingerprint density at radius 2 is 0.792 bits per heavy atom. The van der Waals surface area contributed by atoms with Gasteiger partial charge in [0, 0.05) is 67.2 Å². The second-order valence-corrected chi connectivity index (χ2v) is 14.4. The van der Waals surface area contributed by atoms with Crippen LogP contribution in [0.5, 0.6) is 0 Å². The molecule has 8 nitrogen and oxygen atoms in total. The minimum atomic E-state index is -0.473. The summed E-state index contributed by atoms with van der Waals surface area (Å²) in [5.41, 5.74) is 8.39. The van der Waals surface area contributed by atoms with E-state index in [-0.39, 0.29) is 11.1 Å². The van der Waals surface area contributed by atoms with Crippen LogP contribution in [0.4, 0.5) is 0 Å². The van der Waals surface area contributed by atoms with Crippen molar-refractivity contribution in [2.75, 3.05) is 0 Å². The van der Waals surface area contributed by atoms with Crippen molar-refractivity contribution < 1.29 is 0 Å². The molecule has 0 atom stereocenters. The molecule has 0 fully saturated rings. The quantitative estimate of drug-likeness (QED) is 0.131. The smallest absolute Gasteiger partial charge is 0.129 e. The van der Waals surface area contributed by atoms with Gasteiger partial charge in [0.1, 0.15) is 35.4 Å². The molecule has 0 aromatic carbocycles. The third-order valence-electron chi connectivity index (χ3n) is 9.92. The van der Waals surface area contributed by atoms with Crippen LogP contribution in [0.2, 0.25) is 0 Å². The van der Waals surface area contributed by atoms with Gasteiger partial charge >= 0.3 is 0 Å². The highest BCUT2D eigenvalue weighted by molar-refractivity contribution is 5.62. The normalized spacial score (nSPS) is 16.8. The molecular weight excluding hydrogens is 592 g/mol. The van der Waals surface area contributed by atoms with Gasteiger partial charge in [0.15, 0.2) is 0 Å². The zero-order chi connectivity index (χ0) is 35.1. The number of nitriles is 4. The van der Waals surface area contributed by atoms with E-state index < -0.39 is 21.7 Å². The topological polar surface area (TPSA) is 158 Å². The van der Waals surface area contributed by atoms with Crippen molar-refractivity contribution in [3.8, 4) is 24.3 Å². The molecule has 0 saturated carbocycles. The summed E-state index contributed by atoms with van der Waals surface area (Å²) in [6.45, 7) is 17.5. The maximum atomic E-state index is 9.25. The average Bonchev–Trinajstić information content (AvgIpc) is 3.87. The second kappa shape index (κ2) is 12.0. The van der Waals surface area contributed by atoms with E-state index in [1.165, 1.54) is 12.2 Å². The summed E-state index contributed by atoms with van der Waals surface area (Å²) >= 11 is 0. The molecule has 4 N–H and O–H groups in total. The molecule has 1 aliphatic heterocycles. The largest absolute Gasteiger partial charge is 0.361 e. The lowest BCUT2D eigenvalue weighted by Crippen LogP contribution is -2.26. The van der Waals surface area contributed by atoms with Crippen LogP contribution >= 0.6 is 0 Å². The number of fused-ring (bicyclic) bond motifs is 8. The number of allylic oxidation sites excluding steroid dienone is 6. The lowest BCUT2D eigenvalue weighted by molar-refractivity contribution is 0.545. The molecule has 5 heterocycles. The Hall–Kier alpha value is -5.96. The van der Waals surface area contributed by atoms with Gasteiger partial charge in [0.25, 0.3) is 0 Å². The fourth-order valence-corrected chi connectivity index (χ4v) is 6.41. The Kier molecular flexibility index (Phi) is 8.35. The van der Waals surface area contributed by atoms with Crippen LogP contribution in [-0.4, -0.2) is 19.9 Å². The minimum absolute atomic E-state index is 0.0444. The molecule has 1 aliphatic rings. The van der Waals surface area contributed by atoms with E-state index in [0.717, 1.165) is 56.7 Å². The first-order valence-electron chi connectivity index (χ1n) is 15.9. The summed E-state index contributed by atoms with van der Waals surface area (Å²) in [5.74, 6) is 0. The first-order valence-corrected chi connectivity index (χ1v) is 15.9. The molecular formula is C40H40N8. The van der Waals surface area contributed by atoms with Gasteiger partial charge in [-0.05, 0) is 115 Å². The van der Waals surface area contributed by atoms with Gasteiger partial charge in [-0.1, -0.05) is 24.3 Å². The van der Waals surface area contributed by atoms with Crippen molar-refractivity contribution in [2.45, 2.75) is 77.0 Å². The summed E-state index contributed by atoms with van der Waals surface area (Å²) in [7, 11) is 0. The van der Waals surface area contributed by atoms with Crippen LogP contribution in [0.25, 0.3) is 12.2 Å². The Morgan fingerprint density at radius 3 is 1.10 bits per heavy atom. The molecule has 0 radical (unpaired) electrons.